The molecule has 0 radical (unpaired) electrons. The van der Waals surface area contributed by atoms with E-state index in [4.69, 9.17) is 11.0 Å². The van der Waals surface area contributed by atoms with Gasteiger partial charge in [0.05, 0.1) is 6.07 Å². The first kappa shape index (κ1) is 7.52. The van der Waals surface area contributed by atoms with Crippen molar-refractivity contribution < 1.29 is 0 Å². The smallest absolute Gasteiger partial charge is 0.0625 e. The maximum atomic E-state index is 8.41. The van der Waals surface area contributed by atoms with Crippen LogP contribution in [0.2, 0.25) is 0 Å². The van der Waals surface area contributed by atoms with E-state index in [0.717, 1.165) is 19.5 Å². The fourth-order valence-electron chi connectivity index (χ4n) is 1.31. The average Bonchev–Trinajstić information content (AvgIpc) is 1.94. The Morgan fingerprint density at radius 1 is 1.70 bits per heavy atom. The number of nitrogens with two attached hydrogens (primary N) is 1. The first-order valence-corrected chi connectivity index (χ1v) is 3.68. The fraction of sp³-hybridized carbons (Fsp3) is 0.857. The molecule has 3 N–H and O–H groups in total. The number of hydrogen-bond donors (Lipinski definition) is 2. The molecule has 0 unspecified atom stereocenters. The van der Waals surface area contributed by atoms with Crippen LogP contribution in [0.25, 0.3) is 0 Å². The molecule has 0 saturated carbocycles. The molecule has 1 aliphatic heterocycles. The van der Waals surface area contributed by atoms with Crippen molar-refractivity contribution in [1.29, 1.82) is 5.26 Å². The average molecular weight is 139 g/mol. The van der Waals surface area contributed by atoms with E-state index >= 15 is 0 Å². The molecule has 0 spiro atoms. The van der Waals surface area contributed by atoms with Gasteiger partial charge in [-0.25, -0.2) is 0 Å². The van der Waals surface area contributed by atoms with Crippen LogP contribution in [0.15, 0.2) is 0 Å². The van der Waals surface area contributed by atoms with Crippen LogP contribution < -0.4 is 11.1 Å². The Kier molecular flexibility index (Phi) is 2.67. The van der Waals surface area contributed by atoms with Crippen molar-refractivity contribution in [2.24, 2.45) is 11.7 Å². The van der Waals surface area contributed by atoms with Crippen LogP contribution in [0, 0.1) is 17.2 Å². The van der Waals surface area contributed by atoms with E-state index in [9.17, 15) is 0 Å². The van der Waals surface area contributed by atoms with Crippen LogP contribution in [0.3, 0.4) is 0 Å². The molecule has 0 aromatic heterocycles. The zero-order valence-corrected chi connectivity index (χ0v) is 6.01. The number of nitriles is 1. The lowest BCUT2D eigenvalue weighted by atomic mass is 9.91. The van der Waals surface area contributed by atoms with E-state index in [1.165, 1.54) is 0 Å². The van der Waals surface area contributed by atoms with Crippen LogP contribution in [-0.4, -0.2) is 19.1 Å². The highest BCUT2D eigenvalue weighted by molar-refractivity contribution is 4.86. The Morgan fingerprint density at radius 2 is 2.50 bits per heavy atom. The zero-order valence-electron chi connectivity index (χ0n) is 6.01. The van der Waals surface area contributed by atoms with Gasteiger partial charge in [0.25, 0.3) is 0 Å². The van der Waals surface area contributed by atoms with Crippen molar-refractivity contribution in [2.75, 3.05) is 13.1 Å². The molecule has 0 aliphatic carbocycles. The van der Waals surface area contributed by atoms with Gasteiger partial charge in [0, 0.05) is 19.0 Å². The quantitative estimate of drug-likeness (QED) is 0.530. The van der Waals surface area contributed by atoms with Gasteiger partial charge in [0.2, 0.25) is 0 Å². The summed E-state index contributed by atoms with van der Waals surface area (Å²) in [5.41, 5.74) is 5.75. The molecule has 0 aromatic rings. The molecule has 1 saturated heterocycles. The van der Waals surface area contributed by atoms with E-state index in [-0.39, 0.29) is 6.04 Å². The molecule has 0 amide bonds. The zero-order chi connectivity index (χ0) is 7.40. The highest BCUT2D eigenvalue weighted by Crippen LogP contribution is 2.13. The monoisotopic (exact) mass is 139 g/mol. The molecule has 1 heterocycles. The summed E-state index contributed by atoms with van der Waals surface area (Å²) in [6, 6.07) is 2.35. The first-order valence-electron chi connectivity index (χ1n) is 3.68. The van der Waals surface area contributed by atoms with Gasteiger partial charge in [-0.15, -0.1) is 0 Å². The Morgan fingerprint density at radius 3 is 3.10 bits per heavy atom. The lowest BCUT2D eigenvalue weighted by Crippen LogP contribution is -2.45. The number of nitrogens with zero attached hydrogens (tertiary/aromatic N) is 1. The minimum absolute atomic E-state index is 0.188. The molecule has 2 atom stereocenters. The summed E-state index contributed by atoms with van der Waals surface area (Å²) in [5, 5.41) is 11.6. The van der Waals surface area contributed by atoms with Crippen molar-refractivity contribution in [2.45, 2.75) is 18.9 Å². The summed E-state index contributed by atoms with van der Waals surface area (Å²) in [6.07, 6.45) is 1.66. The summed E-state index contributed by atoms with van der Waals surface area (Å²) in [5.74, 6) is 0.422. The molecule has 1 aliphatic rings. The summed E-state index contributed by atoms with van der Waals surface area (Å²) in [6.45, 7) is 1.88. The summed E-state index contributed by atoms with van der Waals surface area (Å²) < 4.78 is 0. The maximum Gasteiger partial charge on any atom is 0.0625 e. The molecular weight excluding hydrogens is 126 g/mol. The van der Waals surface area contributed by atoms with Crippen molar-refractivity contribution in [3.63, 3.8) is 0 Å². The van der Waals surface area contributed by atoms with Gasteiger partial charge >= 0.3 is 0 Å². The molecule has 0 bridgehead atoms. The lowest BCUT2D eigenvalue weighted by Gasteiger charge is -2.27. The minimum Gasteiger partial charge on any atom is -0.326 e. The second-order valence-electron chi connectivity index (χ2n) is 2.78. The van der Waals surface area contributed by atoms with E-state index < -0.39 is 0 Å². The van der Waals surface area contributed by atoms with Gasteiger partial charge < -0.3 is 11.1 Å². The predicted molar refractivity (Wildman–Crippen MR) is 39.2 cm³/mol. The lowest BCUT2D eigenvalue weighted by molar-refractivity contribution is 0.329. The van der Waals surface area contributed by atoms with Gasteiger partial charge in [-0.3, -0.25) is 0 Å². The van der Waals surface area contributed by atoms with E-state index in [2.05, 4.69) is 11.4 Å². The Hall–Kier alpha value is -0.590. The molecule has 3 nitrogen and oxygen atoms in total. The third-order valence-corrected chi connectivity index (χ3v) is 2.03. The SMILES string of the molecule is N#CC[C@H]1CCNC[C@@H]1N. The highest BCUT2D eigenvalue weighted by Gasteiger charge is 2.20. The van der Waals surface area contributed by atoms with Crippen LogP contribution in [0.4, 0.5) is 0 Å². The summed E-state index contributed by atoms with van der Waals surface area (Å²) in [7, 11) is 0. The first-order chi connectivity index (χ1) is 4.84. The minimum atomic E-state index is 0.188. The predicted octanol–water partition coefficient (Wildman–Crippen LogP) is -0.163. The van der Waals surface area contributed by atoms with Crippen molar-refractivity contribution in [3.05, 3.63) is 0 Å². The Bertz CT molecular complexity index is 138. The standard InChI is InChI=1S/C7H13N3/c8-3-1-6-2-4-10-5-7(6)9/h6-7,10H,1-2,4-5,9H2/t6-,7-/m0/s1. The molecule has 1 fully saturated rings. The number of hydrogen-bond acceptors (Lipinski definition) is 3. The second kappa shape index (κ2) is 3.55. The second-order valence-corrected chi connectivity index (χ2v) is 2.78. The number of rotatable bonds is 1. The molecule has 10 heavy (non-hydrogen) atoms. The Labute approximate surface area is 61.2 Å². The molecule has 56 valence electrons. The number of piperidine rings is 1. The molecule has 0 aromatic carbocycles. The van der Waals surface area contributed by atoms with Gasteiger partial charge in [-0.05, 0) is 18.9 Å². The van der Waals surface area contributed by atoms with Crippen LogP contribution in [0.5, 0.6) is 0 Å². The van der Waals surface area contributed by atoms with Gasteiger partial charge in [0.15, 0.2) is 0 Å². The van der Waals surface area contributed by atoms with Crippen molar-refractivity contribution in [1.82, 2.24) is 5.32 Å². The maximum absolute atomic E-state index is 8.41. The van der Waals surface area contributed by atoms with Gasteiger partial charge in [0.1, 0.15) is 0 Å². The molecular formula is C7H13N3. The molecule has 1 rings (SSSR count). The normalized spacial score (nSPS) is 33.2. The fourth-order valence-corrected chi connectivity index (χ4v) is 1.31. The van der Waals surface area contributed by atoms with Crippen LogP contribution >= 0.6 is 0 Å². The summed E-state index contributed by atoms with van der Waals surface area (Å²) >= 11 is 0. The van der Waals surface area contributed by atoms with E-state index in [1.807, 2.05) is 0 Å². The largest absolute Gasteiger partial charge is 0.326 e. The van der Waals surface area contributed by atoms with Crippen LogP contribution in [-0.2, 0) is 0 Å². The highest BCUT2D eigenvalue weighted by atomic mass is 14.9. The topological polar surface area (TPSA) is 61.8 Å². The Balaban J connectivity index is 2.34. The van der Waals surface area contributed by atoms with E-state index in [0.29, 0.717) is 12.3 Å². The third kappa shape index (κ3) is 1.69. The van der Waals surface area contributed by atoms with Crippen molar-refractivity contribution in [3.8, 4) is 6.07 Å². The van der Waals surface area contributed by atoms with Crippen LogP contribution in [0.1, 0.15) is 12.8 Å². The van der Waals surface area contributed by atoms with Crippen molar-refractivity contribution >= 4 is 0 Å². The molecule has 3 heteroatoms. The summed E-state index contributed by atoms with van der Waals surface area (Å²) in [4.78, 5) is 0. The number of nitrogens with one attached hydrogen (secondary N) is 1. The van der Waals surface area contributed by atoms with E-state index in [1.54, 1.807) is 0 Å². The third-order valence-electron chi connectivity index (χ3n) is 2.03. The van der Waals surface area contributed by atoms with Gasteiger partial charge in [-0.2, -0.15) is 5.26 Å². The van der Waals surface area contributed by atoms with Gasteiger partial charge in [-0.1, -0.05) is 0 Å².